The Hall–Kier alpha value is -2.80. The van der Waals surface area contributed by atoms with E-state index in [-0.39, 0.29) is 23.5 Å². The summed E-state index contributed by atoms with van der Waals surface area (Å²) in [4.78, 5) is 25.5. The van der Waals surface area contributed by atoms with E-state index in [1.807, 2.05) is 0 Å². The van der Waals surface area contributed by atoms with Gasteiger partial charge in [-0.25, -0.2) is 0 Å². The lowest BCUT2D eigenvalue weighted by molar-refractivity contribution is -0.143. The molecule has 3 aromatic rings. The van der Waals surface area contributed by atoms with Gasteiger partial charge in [-0.1, -0.05) is 35.4 Å². The maximum Gasteiger partial charge on any atom is 0.432 e. The summed E-state index contributed by atoms with van der Waals surface area (Å²) in [5.41, 5.74) is -0.190. The number of hydrogen-bond donors (Lipinski definition) is 1. The molecule has 0 unspecified atom stereocenters. The number of carbonyl (C=O) groups is 2. The van der Waals surface area contributed by atoms with E-state index >= 15 is 0 Å². The minimum absolute atomic E-state index is 0.120. The van der Waals surface area contributed by atoms with Crippen molar-refractivity contribution in [2.45, 2.75) is 44.9 Å². The molecule has 1 N–H and O–H groups in total. The van der Waals surface area contributed by atoms with Crippen LogP contribution in [-0.2, 0) is 17.5 Å². The highest BCUT2D eigenvalue weighted by Gasteiger charge is 2.42. The summed E-state index contributed by atoms with van der Waals surface area (Å²) < 4.78 is 43.8. The predicted molar refractivity (Wildman–Crippen MR) is 112 cm³/mol. The fourth-order valence-corrected chi connectivity index (χ4v) is 3.97. The van der Waals surface area contributed by atoms with Crippen LogP contribution in [0, 0.1) is 6.92 Å². The molecule has 2 aromatic carbocycles. The van der Waals surface area contributed by atoms with Gasteiger partial charge < -0.3 is 9.88 Å². The van der Waals surface area contributed by atoms with Crippen molar-refractivity contribution < 1.29 is 22.8 Å². The first-order chi connectivity index (χ1) is 14.6. The monoisotopic (exact) mass is 448 g/mol. The summed E-state index contributed by atoms with van der Waals surface area (Å²) in [5, 5.41) is 3.15. The van der Waals surface area contributed by atoms with Crippen LogP contribution in [0.15, 0.2) is 42.5 Å². The fourth-order valence-electron chi connectivity index (χ4n) is 3.85. The van der Waals surface area contributed by atoms with Crippen LogP contribution in [0.5, 0.6) is 0 Å². The Balaban J connectivity index is 1.89. The van der Waals surface area contributed by atoms with Crippen LogP contribution in [0.4, 0.5) is 13.2 Å². The van der Waals surface area contributed by atoms with Crippen LogP contribution >= 0.6 is 11.6 Å². The van der Waals surface area contributed by atoms with Gasteiger partial charge in [0.15, 0.2) is 0 Å². The number of aryl methyl sites for hydroxylation is 1. The summed E-state index contributed by atoms with van der Waals surface area (Å²) in [6.45, 7) is 1.61. The van der Waals surface area contributed by atoms with Crippen molar-refractivity contribution in [3.8, 4) is 0 Å². The molecule has 0 aliphatic heterocycles. The van der Waals surface area contributed by atoms with Gasteiger partial charge >= 0.3 is 6.18 Å². The van der Waals surface area contributed by atoms with Gasteiger partial charge in [0.2, 0.25) is 0 Å². The van der Waals surface area contributed by atoms with Crippen molar-refractivity contribution in [1.29, 1.82) is 0 Å². The fraction of sp³-hybridized carbons (Fsp3) is 0.304. The lowest BCUT2D eigenvalue weighted by Crippen LogP contribution is -2.43. The molecule has 1 heterocycles. The SMILES string of the molecule is Cc1ccc2c(c1)c(C(=O)C(=O)NC1CCC1)c(C(F)(F)F)n2Cc1ccc(Cl)cc1. The molecule has 0 spiro atoms. The molecule has 162 valence electrons. The molecule has 31 heavy (non-hydrogen) atoms. The molecule has 1 fully saturated rings. The Labute approximate surface area is 182 Å². The van der Waals surface area contributed by atoms with E-state index in [4.69, 9.17) is 11.6 Å². The number of fused-ring (bicyclic) bond motifs is 1. The quantitative estimate of drug-likeness (QED) is 0.412. The van der Waals surface area contributed by atoms with Gasteiger partial charge in [0.25, 0.3) is 11.7 Å². The van der Waals surface area contributed by atoms with Crippen molar-refractivity contribution in [3.05, 3.63) is 69.9 Å². The molecule has 4 nitrogen and oxygen atoms in total. The molecule has 8 heteroatoms. The average Bonchev–Trinajstić information content (AvgIpc) is 2.99. The van der Waals surface area contributed by atoms with Crippen LogP contribution in [0.2, 0.25) is 5.02 Å². The van der Waals surface area contributed by atoms with Crippen LogP contribution in [0.3, 0.4) is 0 Å². The van der Waals surface area contributed by atoms with Crippen molar-refractivity contribution in [3.63, 3.8) is 0 Å². The minimum atomic E-state index is -4.83. The number of nitrogens with zero attached hydrogens (tertiary/aromatic N) is 1. The molecule has 1 amide bonds. The Morgan fingerprint density at radius 2 is 1.81 bits per heavy atom. The van der Waals surface area contributed by atoms with Gasteiger partial charge in [-0.05, 0) is 56.0 Å². The highest BCUT2D eigenvalue weighted by atomic mass is 35.5. The number of halogens is 4. The second-order valence-electron chi connectivity index (χ2n) is 7.88. The molecule has 0 atom stereocenters. The summed E-state index contributed by atoms with van der Waals surface area (Å²) in [5.74, 6) is -2.16. The molecular formula is C23H20ClF3N2O2. The lowest BCUT2D eigenvalue weighted by Gasteiger charge is -2.26. The highest BCUT2D eigenvalue weighted by molar-refractivity contribution is 6.45. The zero-order valence-electron chi connectivity index (χ0n) is 16.7. The Bertz CT molecular complexity index is 1160. The molecular weight excluding hydrogens is 429 g/mol. The summed E-state index contributed by atoms with van der Waals surface area (Å²) in [6, 6.07) is 11.1. The topological polar surface area (TPSA) is 51.1 Å². The van der Waals surface area contributed by atoms with Crippen molar-refractivity contribution in [2.75, 3.05) is 0 Å². The number of carbonyl (C=O) groups excluding carboxylic acids is 2. The third-order valence-corrected chi connectivity index (χ3v) is 5.87. The third-order valence-electron chi connectivity index (χ3n) is 5.62. The minimum Gasteiger partial charge on any atom is -0.346 e. The number of aromatic nitrogens is 1. The van der Waals surface area contributed by atoms with Gasteiger partial charge in [-0.2, -0.15) is 13.2 Å². The second-order valence-corrected chi connectivity index (χ2v) is 8.32. The smallest absolute Gasteiger partial charge is 0.346 e. The molecule has 0 bridgehead atoms. The summed E-state index contributed by atoms with van der Waals surface area (Å²) in [7, 11) is 0. The number of Topliss-reactive ketones (excluding diaryl/α,β-unsaturated/α-hetero) is 1. The van der Waals surface area contributed by atoms with E-state index in [0.29, 0.717) is 16.1 Å². The third kappa shape index (κ3) is 4.19. The number of nitrogens with one attached hydrogen (secondary N) is 1. The highest BCUT2D eigenvalue weighted by Crippen LogP contribution is 2.39. The normalized spacial score (nSPS) is 14.5. The van der Waals surface area contributed by atoms with Crippen LogP contribution in [-0.4, -0.2) is 22.3 Å². The predicted octanol–water partition coefficient (Wildman–Crippen LogP) is 5.52. The number of alkyl halides is 3. The molecule has 1 aliphatic carbocycles. The van der Waals surface area contributed by atoms with E-state index in [9.17, 15) is 22.8 Å². The number of amides is 1. The molecule has 1 saturated carbocycles. The largest absolute Gasteiger partial charge is 0.432 e. The molecule has 0 saturated heterocycles. The second kappa shape index (κ2) is 8.04. The van der Waals surface area contributed by atoms with Gasteiger partial charge in [0.05, 0.1) is 5.56 Å². The van der Waals surface area contributed by atoms with Crippen molar-refractivity contribution >= 4 is 34.2 Å². The average molecular weight is 449 g/mol. The summed E-state index contributed by atoms with van der Waals surface area (Å²) in [6.07, 6.45) is -2.46. The first-order valence-corrected chi connectivity index (χ1v) is 10.3. The zero-order chi connectivity index (χ0) is 22.3. The maximum absolute atomic E-state index is 14.3. The van der Waals surface area contributed by atoms with E-state index in [1.54, 1.807) is 43.3 Å². The lowest BCUT2D eigenvalue weighted by atomic mass is 9.92. The van der Waals surface area contributed by atoms with Gasteiger partial charge in [-0.15, -0.1) is 0 Å². The first-order valence-electron chi connectivity index (χ1n) is 9.95. The number of rotatable bonds is 5. The summed E-state index contributed by atoms with van der Waals surface area (Å²) >= 11 is 5.89. The molecule has 0 radical (unpaired) electrons. The maximum atomic E-state index is 14.3. The number of ketones is 1. The molecule has 4 rings (SSSR count). The molecule has 1 aliphatic rings. The Morgan fingerprint density at radius 3 is 2.39 bits per heavy atom. The Kier molecular flexibility index (Phi) is 5.56. The van der Waals surface area contributed by atoms with E-state index in [0.717, 1.165) is 23.8 Å². The van der Waals surface area contributed by atoms with Gasteiger partial charge in [0, 0.05) is 28.5 Å². The van der Waals surface area contributed by atoms with Crippen molar-refractivity contribution in [2.24, 2.45) is 0 Å². The van der Waals surface area contributed by atoms with Crippen LogP contribution in [0.25, 0.3) is 10.9 Å². The number of benzene rings is 2. The van der Waals surface area contributed by atoms with Gasteiger partial charge in [0.1, 0.15) is 5.69 Å². The van der Waals surface area contributed by atoms with Crippen LogP contribution < -0.4 is 5.32 Å². The van der Waals surface area contributed by atoms with Gasteiger partial charge in [-0.3, -0.25) is 9.59 Å². The first kappa shape index (κ1) is 21.4. The Morgan fingerprint density at radius 1 is 1.13 bits per heavy atom. The van der Waals surface area contributed by atoms with Crippen molar-refractivity contribution in [1.82, 2.24) is 9.88 Å². The van der Waals surface area contributed by atoms with Crippen LogP contribution in [0.1, 0.15) is 46.4 Å². The van der Waals surface area contributed by atoms with E-state index in [2.05, 4.69) is 5.32 Å². The van der Waals surface area contributed by atoms with E-state index in [1.165, 1.54) is 6.07 Å². The zero-order valence-corrected chi connectivity index (χ0v) is 17.5. The number of hydrogen-bond acceptors (Lipinski definition) is 2. The standard InChI is InChI=1S/C23H20ClF3N2O2/c1-13-5-10-18-17(11-13)19(20(30)22(31)28-16-3-2-4-16)21(23(25,26)27)29(18)12-14-6-8-15(24)9-7-14/h5-11,16H,2-4,12H2,1H3,(H,28,31). The molecule has 1 aromatic heterocycles. The van der Waals surface area contributed by atoms with E-state index < -0.39 is 29.1 Å².